The van der Waals surface area contributed by atoms with Gasteiger partial charge in [0, 0.05) is 5.41 Å². The van der Waals surface area contributed by atoms with Crippen molar-refractivity contribution in [3.63, 3.8) is 0 Å². The van der Waals surface area contributed by atoms with Gasteiger partial charge in [0.25, 0.3) is 0 Å². The van der Waals surface area contributed by atoms with E-state index in [1.807, 2.05) is 6.92 Å². The molecule has 0 N–H and O–H groups in total. The quantitative estimate of drug-likeness (QED) is 0.849. The highest BCUT2D eigenvalue weighted by atomic mass is 16.5. The van der Waals surface area contributed by atoms with Crippen LogP contribution >= 0.6 is 0 Å². The average Bonchev–Trinajstić information content (AvgIpc) is 2.87. The minimum absolute atomic E-state index is 0.123. The molecule has 4 saturated carbocycles. The van der Waals surface area contributed by atoms with E-state index in [2.05, 4.69) is 5.16 Å². The van der Waals surface area contributed by atoms with Crippen LogP contribution in [0.1, 0.15) is 76.4 Å². The van der Waals surface area contributed by atoms with Crippen LogP contribution in [0.25, 0.3) is 0 Å². The smallest absolute Gasteiger partial charge is 0.237 e. The first-order valence-corrected chi connectivity index (χ1v) is 8.44. The van der Waals surface area contributed by atoms with Crippen molar-refractivity contribution >= 4 is 5.78 Å². The Morgan fingerprint density at radius 2 is 1.81 bits per heavy atom. The van der Waals surface area contributed by atoms with Crippen LogP contribution in [0.5, 0.6) is 0 Å². The lowest BCUT2D eigenvalue weighted by atomic mass is 9.49. The second-order valence-corrected chi connectivity index (χ2v) is 7.73. The van der Waals surface area contributed by atoms with Crippen LogP contribution in [0.15, 0.2) is 4.52 Å². The van der Waals surface area contributed by atoms with Crippen molar-refractivity contribution in [1.82, 2.24) is 10.1 Å². The van der Waals surface area contributed by atoms with Gasteiger partial charge in [-0.15, -0.1) is 0 Å². The SMILES string of the molecule is CCC(C(C)=O)c1nc(C23CC4CC(CC(C4)C2)C3)no1. The summed E-state index contributed by atoms with van der Waals surface area (Å²) in [6.45, 7) is 3.61. The largest absolute Gasteiger partial charge is 0.339 e. The molecule has 0 aromatic carbocycles. The van der Waals surface area contributed by atoms with Crippen molar-refractivity contribution in [2.75, 3.05) is 0 Å². The van der Waals surface area contributed by atoms with Crippen molar-refractivity contribution in [1.29, 1.82) is 0 Å². The fourth-order valence-corrected chi connectivity index (χ4v) is 5.61. The molecule has 4 nitrogen and oxygen atoms in total. The van der Waals surface area contributed by atoms with E-state index in [0.717, 1.165) is 30.0 Å². The Morgan fingerprint density at radius 1 is 1.24 bits per heavy atom. The van der Waals surface area contributed by atoms with Gasteiger partial charge in [0.2, 0.25) is 5.89 Å². The molecular formula is C17H24N2O2. The molecule has 4 heteroatoms. The summed E-state index contributed by atoms with van der Waals surface area (Å²) in [4.78, 5) is 16.4. The molecule has 0 amide bonds. The molecule has 0 aliphatic heterocycles. The zero-order valence-electron chi connectivity index (χ0n) is 13.0. The van der Waals surface area contributed by atoms with Crippen LogP contribution in [-0.4, -0.2) is 15.9 Å². The fraction of sp³-hybridized carbons (Fsp3) is 0.824. The van der Waals surface area contributed by atoms with Gasteiger partial charge < -0.3 is 4.52 Å². The topological polar surface area (TPSA) is 56.0 Å². The van der Waals surface area contributed by atoms with Gasteiger partial charge >= 0.3 is 0 Å². The molecule has 0 radical (unpaired) electrons. The highest BCUT2D eigenvalue weighted by molar-refractivity contribution is 5.82. The number of hydrogen-bond donors (Lipinski definition) is 0. The second-order valence-electron chi connectivity index (χ2n) is 7.73. The molecule has 1 aromatic rings. The third-order valence-corrected chi connectivity index (χ3v) is 6.15. The third-order valence-electron chi connectivity index (χ3n) is 6.15. The first-order chi connectivity index (χ1) is 10.1. The summed E-state index contributed by atoms with van der Waals surface area (Å²) in [6.07, 6.45) is 8.66. The molecule has 0 spiro atoms. The predicted molar refractivity (Wildman–Crippen MR) is 77.9 cm³/mol. The Morgan fingerprint density at radius 3 is 2.29 bits per heavy atom. The average molecular weight is 288 g/mol. The molecule has 1 aromatic heterocycles. The van der Waals surface area contributed by atoms with E-state index < -0.39 is 0 Å². The normalized spacial score (nSPS) is 38.7. The Bertz CT molecular complexity index is 528. The van der Waals surface area contributed by atoms with Crippen LogP contribution in [-0.2, 0) is 10.2 Å². The molecule has 4 aliphatic rings. The minimum Gasteiger partial charge on any atom is -0.339 e. The summed E-state index contributed by atoms with van der Waals surface area (Å²) in [7, 11) is 0. The Kier molecular flexibility index (Phi) is 2.98. The number of Topliss-reactive ketones (excluding diaryl/α,β-unsaturated/α-hetero) is 1. The van der Waals surface area contributed by atoms with Crippen molar-refractivity contribution in [3.05, 3.63) is 11.7 Å². The van der Waals surface area contributed by atoms with Gasteiger partial charge in [0.15, 0.2) is 5.82 Å². The minimum atomic E-state index is -0.222. The number of ketones is 1. The number of carbonyl (C=O) groups is 1. The van der Waals surface area contributed by atoms with Gasteiger partial charge in [-0.2, -0.15) is 4.98 Å². The van der Waals surface area contributed by atoms with Gasteiger partial charge in [0.1, 0.15) is 5.78 Å². The number of hydrogen-bond acceptors (Lipinski definition) is 4. The summed E-state index contributed by atoms with van der Waals surface area (Å²) in [5.41, 5.74) is 0.158. The highest BCUT2D eigenvalue weighted by Crippen LogP contribution is 2.60. The van der Waals surface area contributed by atoms with Crippen LogP contribution in [0.2, 0.25) is 0 Å². The number of nitrogens with zero attached hydrogens (tertiary/aromatic N) is 2. The van der Waals surface area contributed by atoms with Gasteiger partial charge in [-0.3, -0.25) is 4.79 Å². The first-order valence-electron chi connectivity index (χ1n) is 8.44. The number of rotatable bonds is 4. The maximum Gasteiger partial charge on any atom is 0.237 e. The number of aromatic nitrogens is 2. The molecule has 0 saturated heterocycles. The van der Waals surface area contributed by atoms with E-state index in [9.17, 15) is 4.79 Å². The third kappa shape index (κ3) is 2.06. The van der Waals surface area contributed by atoms with Crippen molar-refractivity contribution < 1.29 is 9.32 Å². The molecule has 1 atom stereocenters. The second kappa shape index (κ2) is 4.65. The Balaban J connectivity index is 1.65. The van der Waals surface area contributed by atoms with Gasteiger partial charge in [-0.25, -0.2) is 0 Å². The molecule has 114 valence electrons. The summed E-state index contributed by atoms with van der Waals surface area (Å²) < 4.78 is 5.49. The number of carbonyl (C=O) groups excluding carboxylic acids is 1. The van der Waals surface area contributed by atoms with Crippen LogP contribution in [0.3, 0.4) is 0 Å². The molecule has 4 bridgehead atoms. The Hall–Kier alpha value is -1.19. The summed E-state index contributed by atoms with van der Waals surface area (Å²) in [6, 6.07) is 0. The van der Waals surface area contributed by atoms with E-state index in [-0.39, 0.29) is 17.1 Å². The van der Waals surface area contributed by atoms with Crippen LogP contribution in [0.4, 0.5) is 0 Å². The maximum atomic E-state index is 11.7. The first kappa shape index (κ1) is 13.5. The maximum absolute atomic E-state index is 11.7. The summed E-state index contributed by atoms with van der Waals surface area (Å²) >= 11 is 0. The zero-order chi connectivity index (χ0) is 14.6. The standard InChI is InChI=1S/C17H24N2O2/c1-3-14(10(2)20)15-18-16(19-21-15)17-7-11-4-12(8-17)6-13(5-11)9-17/h11-14H,3-9H2,1-2H3. The van der Waals surface area contributed by atoms with E-state index >= 15 is 0 Å². The lowest BCUT2D eigenvalue weighted by Gasteiger charge is -2.55. The molecule has 4 fully saturated rings. The van der Waals surface area contributed by atoms with Crippen molar-refractivity contribution in [2.24, 2.45) is 17.8 Å². The lowest BCUT2D eigenvalue weighted by Crippen LogP contribution is -2.49. The molecule has 1 unspecified atom stereocenters. The predicted octanol–water partition coefficient (Wildman–Crippen LogP) is 3.62. The summed E-state index contributed by atoms with van der Waals surface area (Å²) in [5, 5.41) is 4.32. The van der Waals surface area contributed by atoms with Crippen molar-refractivity contribution in [3.8, 4) is 0 Å². The molecule has 1 heterocycles. The zero-order valence-corrected chi connectivity index (χ0v) is 13.0. The van der Waals surface area contributed by atoms with Crippen molar-refractivity contribution in [2.45, 2.75) is 70.1 Å². The van der Waals surface area contributed by atoms with E-state index in [1.54, 1.807) is 6.92 Å². The van der Waals surface area contributed by atoms with Crippen LogP contribution in [0, 0.1) is 17.8 Å². The van der Waals surface area contributed by atoms with Gasteiger partial charge in [-0.1, -0.05) is 12.1 Å². The van der Waals surface area contributed by atoms with Gasteiger partial charge in [0.05, 0.1) is 5.92 Å². The van der Waals surface area contributed by atoms with E-state index in [0.29, 0.717) is 5.89 Å². The molecular weight excluding hydrogens is 264 g/mol. The molecule has 5 rings (SSSR count). The molecule has 4 aliphatic carbocycles. The van der Waals surface area contributed by atoms with E-state index in [4.69, 9.17) is 9.51 Å². The lowest BCUT2D eigenvalue weighted by molar-refractivity contribution is -0.119. The van der Waals surface area contributed by atoms with Crippen LogP contribution < -0.4 is 0 Å². The monoisotopic (exact) mass is 288 g/mol. The highest BCUT2D eigenvalue weighted by Gasteiger charge is 2.53. The van der Waals surface area contributed by atoms with Gasteiger partial charge in [-0.05, 0) is 69.6 Å². The molecule has 21 heavy (non-hydrogen) atoms. The van der Waals surface area contributed by atoms with E-state index in [1.165, 1.54) is 38.5 Å². The Labute approximate surface area is 125 Å². The fourth-order valence-electron chi connectivity index (χ4n) is 5.61. The summed E-state index contributed by atoms with van der Waals surface area (Å²) in [5.74, 6) is 3.94.